The molecule has 3 aromatic rings. The summed E-state index contributed by atoms with van der Waals surface area (Å²) in [5, 5.41) is 2.21. The molecule has 2 N–H and O–H groups in total. The summed E-state index contributed by atoms with van der Waals surface area (Å²) in [6.45, 7) is 1.98. The lowest BCUT2D eigenvalue weighted by Crippen LogP contribution is -2.41. The van der Waals surface area contributed by atoms with Gasteiger partial charge in [-0.1, -0.05) is 41.4 Å². The van der Waals surface area contributed by atoms with Crippen LogP contribution in [0, 0.1) is 6.92 Å². The molecule has 0 saturated heterocycles. The summed E-state index contributed by atoms with van der Waals surface area (Å²) >= 11 is 7.00. The van der Waals surface area contributed by atoms with Gasteiger partial charge in [-0.15, -0.1) is 16.2 Å². The van der Waals surface area contributed by atoms with Crippen molar-refractivity contribution in [1.29, 1.82) is 0 Å². The van der Waals surface area contributed by atoms with E-state index in [1.807, 2.05) is 37.3 Å². The monoisotopic (exact) mass is 406 g/mol. The number of halogens is 1. The van der Waals surface area contributed by atoms with Gasteiger partial charge in [0.2, 0.25) is 0 Å². The van der Waals surface area contributed by atoms with E-state index in [1.165, 1.54) is 35.6 Å². The smallest absolute Gasteiger partial charge is 0.273 e. The predicted molar refractivity (Wildman–Crippen MR) is 104 cm³/mol. The molecule has 0 aliphatic carbocycles. The molecule has 0 spiro atoms. The van der Waals surface area contributed by atoms with Gasteiger partial charge in [-0.25, -0.2) is 8.42 Å². The molecule has 5 nitrogen and oxygen atoms in total. The molecule has 0 atom stereocenters. The van der Waals surface area contributed by atoms with Crippen molar-refractivity contribution in [2.24, 2.45) is 0 Å². The quantitative estimate of drug-likeness (QED) is 0.629. The van der Waals surface area contributed by atoms with Crippen LogP contribution in [-0.4, -0.2) is 14.3 Å². The van der Waals surface area contributed by atoms with E-state index >= 15 is 0 Å². The molecule has 3 rings (SSSR count). The van der Waals surface area contributed by atoms with Gasteiger partial charge in [0.1, 0.15) is 4.88 Å². The van der Waals surface area contributed by atoms with Crippen molar-refractivity contribution in [2.45, 2.75) is 11.8 Å². The minimum atomic E-state index is -3.88. The molecule has 8 heteroatoms. The Labute approximate surface area is 160 Å². The first-order valence-corrected chi connectivity index (χ1v) is 10.3. The third kappa shape index (κ3) is 4.13. The van der Waals surface area contributed by atoms with Crippen LogP contribution in [0.3, 0.4) is 0 Å². The second kappa shape index (κ2) is 7.59. The molecule has 2 aromatic carbocycles. The molecule has 0 aliphatic rings. The fourth-order valence-electron chi connectivity index (χ4n) is 2.29. The number of carbonyl (C=O) groups is 1. The molecule has 0 aliphatic heterocycles. The Hall–Kier alpha value is -2.19. The van der Waals surface area contributed by atoms with Crippen molar-refractivity contribution < 1.29 is 13.2 Å². The Morgan fingerprint density at radius 1 is 1.00 bits per heavy atom. The molecule has 0 fully saturated rings. The summed E-state index contributed by atoms with van der Waals surface area (Å²) in [6, 6.07) is 15.2. The van der Waals surface area contributed by atoms with E-state index in [2.05, 4.69) is 10.3 Å². The third-order valence-corrected chi connectivity index (χ3v) is 6.09. The molecule has 1 amide bonds. The first-order chi connectivity index (χ1) is 12.4. The van der Waals surface area contributed by atoms with Crippen molar-refractivity contribution in [3.8, 4) is 11.1 Å². The van der Waals surface area contributed by atoms with E-state index in [9.17, 15) is 13.2 Å². The fraction of sp³-hybridized carbons (Fsp3) is 0.0556. The van der Waals surface area contributed by atoms with E-state index < -0.39 is 15.9 Å². The van der Waals surface area contributed by atoms with Gasteiger partial charge in [0.25, 0.3) is 15.9 Å². The number of rotatable bonds is 5. The summed E-state index contributed by atoms with van der Waals surface area (Å²) in [4.78, 5) is 15.0. The first-order valence-electron chi connectivity index (χ1n) is 7.59. The Bertz CT molecular complexity index is 1030. The molecule has 26 heavy (non-hydrogen) atoms. The average Bonchev–Trinajstić information content (AvgIpc) is 3.10. The highest BCUT2D eigenvalue weighted by molar-refractivity contribution is 7.89. The van der Waals surface area contributed by atoms with E-state index in [0.29, 0.717) is 9.90 Å². The Kier molecular flexibility index (Phi) is 5.43. The highest BCUT2D eigenvalue weighted by Gasteiger charge is 2.18. The molecule has 134 valence electrons. The predicted octanol–water partition coefficient (Wildman–Crippen LogP) is 4.00. The van der Waals surface area contributed by atoms with Crippen LogP contribution in [0.2, 0.25) is 5.02 Å². The topological polar surface area (TPSA) is 75.3 Å². The number of hydrogen-bond donors (Lipinski definition) is 2. The number of amides is 1. The second-order valence-electron chi connectivity index (χ2n) is 5.54. The van der Waals surface area contributed by atoms with Crippen LogP contribution in [-0.2, 0) is 10.0 Å². The summed E-state index contributed by atoms with van der Waals surface area (Å²) in [5.74, 6) is -0.520. The zero-order valence-electron chi connectivity index (χ0n) is 13.7. The van der Waals surface area contributed by atoms with Crippen molar-refractivity contribution in [1.82, 2.24) is 10.3 Å². The molecule has 0 bridgehead atoms. The molecule has 1 heterocycles. The number of hydrazine groups is 1. The highest BCUT2D eigenvalue weighted by atomic mass is 35.5. The van der Waals surface area contributed by atoms with Crippen molar-refractivity contribution in [3.05, 3.63) is 75.4 Å². The highest BCUT2D eigenvalue weighted by Crippen LogP contribution is 2.28. The van der Waals surface area contributed by atoms with Gasteiger partial charge in [0, 0.05) is 10.6 Å². The van der Waals surface area contributed by atoms with Crippen molar-refractivity contribution >= 4 is 38.9 Å². The molecule has 0 radical (unpaired) electrons. The number of sulfonamides is 1. The lowest BCUT2D eigenvalue weighted by molar-refractivity contribution is 0.0950. The van der Waals surface area contributed by atoms with Crippen LogP contribution >= 0.6 is 22.9 Å². The summed E-state index contributed by atoms with van der Waals surface area (Å²) < 4.78 is 24.5. The standard InChI is InChI=1S/C18H15ClN2O3S2/c1-12-2-4-13(5-3-12)16-10-11-25-17(16)18(22)20-21-26(23,24)15-8-6-14(19)7-9-15/h2-11,21H,1H3,(H,20,22). The van der Waals surface area contributed by atoms with Gasteiger partial charge in [0.15, 0.2) is 0 Å². The number of nitrogens with one attached hydrogen (secondary N) is 2. The van der Waals surface area contributed by atoms with Crippen LogP contribution in [0.4, 0.5) is 0 Å². The minimum Gasteiger partial charge on any atom is -0.273 e. The van der Waals surface area contributed by atoms with Gasteiger partial charge in [-0.05, 0) is 48.2 Å². The lowest BCUT2D eigenvalue weighted by Gasteiger charge is -2.09. The Morgan fingerprint density at radius 3 is 2.31 bits per heavy atom. The van der Waals surface area contributed by atoms with Crippen LogP contribution in [0.5, 0.6) is 0 Å². The van der Waals surface area contributed by atoms with Gasteiger partial charge in [-0.2, -0.15) is 0 Å². The number of aryl methyl sites for hydroxylation is 1. The maximum Gasteiger partial charge on any atom is 0.276 e. The van der Waals surface area contributed by atoms with Crippen LogP contribution in [0.1, 0.15) is 15.2 Å². The van der Waals surface area contributed by atoms with Crippen LogP contribution in [0.15, 0.2) is 64.9 Å². The fourth-order valence-corrected chi connectivity index (χ4v) is 4.06. The molecule has 1 aromatic heterocycles. The minimum absolute atomic E-state index is 0.00661. The van der Waals surface area contributed by atoms with Crippen LogP contribution < -0.4 is 10.3 Å². The molecular weight excluding hydrogens is 392 g/mol. The Balaban J connectivity index is 1.76. The van der Waals surface area contributed by atoms with Crippen molar-refractivity contribution in [3.63, 3.8) is 0 Å². The summed E-state index contributed by atoms with van der Waals surface area (Å²) in [6.07, 6.45) is 0. The normalized spacial score (nSPS) is 11.3. The van der Waals surface area contributed by atoms with Gasteiger partial charge in [-0.3, -0.25) is 10.2 Å². The average molecular weight is 407 g/mol. The zero-order valence-corrected chi connectivity index (χ0v) is 16.1. The number of benzene rings is 2. The largest absolute Gasteiger partial charge is 0.276 e. The number of carbonyl (C=O) groups excluding carboxylic acids is 1. The number of hydrogen-bond acceptors (Lipinski definition) is 4. The first kappa shape index (κ1) is 18.6. The van der Waals surface area contributed by atoms with E-state index in [1.54, 1.807) is 5.38 Å². The van der Waals surface area contributed by atoms with Gasteiger partial charge in [0.05, 0.1) is 4.90 Å². The SMILES string of the molecule is Cc1ccc(-c2ccsc2C(=O)NNS(=O)(=O)c2ccc(Cl)cc2)cc1. The van der Waals surface area contributed by atoms with E-state index in [0.717, 1.165) is 16.7 Å². The maximum absolute atomic E-state index is 12.5. The van der Waals surface area contributed by atoms with Crippen LogP contribution in [0.25, 0.3) is 11.1 Å². The van der Waals surface area contributed by atoms with Crippen molar-refractivity contribution in [2.75, 3.05) is 0 Å². The number of thiophene rings is 1. The summed E-state index contributed by atoms with van der Waals surface area (Å²) in [5.41, 5.74) is 5.02. The Morgan fingerprint density at radius 2 is 1.65 bits per heavy atom. The molecular formula is C18H15ClN2O3S2. The van der Waals surface area contributed by atoms with Gasteiger partial charge >= 0.3 is 0 Å². The molecule has 0 unspecified atom stereocenters. The molecule has 0 saturated carbocycles. The summed E-state index contributed by atoms with van der Waals surface area (Å²) in [7, 11) is -3.88. The van der Waals surface area contributed by atoms with Gasteiger partial charge < -0.3 is 0 Å². The van der Waals surface area contributed by atoms with E-state index in [-0.39, 0.29) is 4.90 Å². The lowest BCUT2D eigenvalue weighted by atomic mass is 10.1. The third-order valence-electron chi connectivity index (χ3n) is 3.66. The maximum atomic E-state index is 12.5. The second-order valence-corrected chi connectivity index (χ2v) is 8.58. The van der Waals surface area contributed by atoms with E-state index in [4.69, 9.17) is 11.6 Å². The zero-order chi connectivity index (χ0) is 18.7.